The minimum Gasteiger partial charge on any atom is -0.493 e. The summed E-state index contributed by atoms with van der Waals surface area (Å²) in [6, 6.07) is 20.1. The largest absolute Gasteiger partial charge is 0.493 e. The third-order valence-electron chi connectivity index (χ3n) is 5.91. The molecule has 9 heteroatoms. The van der Waals surface area contributed by atoms with Crippen LogP contribution in [0.3, 0.4) is 0 Å². The number of benzene rings is 3. The van der Waals surface area contributed by atoms with E-state index in [0.717, 1.165) is 16.0 Å². The summed E-state index contributed by atoms with van der Waals surface area (Å²) in [4.78, 5) is 26.7. The molecule has 4 rings (SSSR count). The van der Waals surface area contributed by atoms with Gasteiger partial charge in [-0.05, 0) is 55.3 Å². The lowest BCUT2D eigenvalue weighted by molar-refractivity contribution is -0.111. The van der Waals surface area contributed by atoms with Gasteiger partial charge in [-0.2, -0.15) is 0 Å². The fourth-order valence-electron chi connectivity index (χ4n) is 4.04. The number of amides is 1. The molecule has 206 valence electrons. The highest BCUT2D eigenvalue weighted by molar-refractivity contribution is 7.17. The maximum absolute atomic E-state index is 12.9. The van der Waals surface area contributed by atoms with Gasteiger partial charge in [-0.25, -0.2) is 4.79 Å². The molecule has 40 heavy (non-hydrogen) atoms. The lowest BCUT2D eigenvalue weighted by Crippen LogP contribution is -2.12. The van der Waals surface area contributed by atoms with Gasteiger partial charge in [0, 0.05) is 32.1 Å². The second-order valence-electron chi connectivity index (χ2n) is 8.55. The zero-order valence-corrected chi connectivity index (χ0v) is 24.5. The summed E-state index contributed by atoms with van der Waals surface area (Å²) in [5, 5.41) is 4.31. The Morgan fingerprint density at radius 3 is 2.38 bits per heavy atom. The van der Waals surface area contributed by atoms with Crippen LogP contribution in [0.2, 0.25) is 10.0 Å². The van der Waals surface area contributed by atoms with Gasteiger partial charge in [-0.3, -0.25) is 4.79 Å². The van der Waals surface area contributed by atoms with Gasteiger partial charge in [0.2, 0.25) is 5.91 Å². The van der Waals surface area contributed by atoms with E-state index in [1.807, 2.05) is 37.3 Å². The van der Waals surface area contributed by atoms with Crippen LogP contribution in [-0.2, 0) is 16.1 Å². The highest BCUT2D eigenvalue weighted by Crippen LogP contribution is 2.40. The number of carbonyl (C=O) groups excluding carboxylic acids is 2. The van der Waals surface area contributed by atoms with Crippen LogP contribution < -0.4 is 14.8 Å². The van der Waals surface area contributed by atoms with Crippen molar-refractivity contribution in [2.24, 2.45) is 0 Å². The van der Waals surface area contributed by atoms with Crippen molar-refractivity contribution in [1.29, 1.82) is 0 Å². The summed E-state index contributed by atoms with van der Waals surface area (Å²) in [7, 11) is 1.53. The van der Waals surface area contributed by atoms with Crippen molar-refractivity contribution in [2.45, 2.75) is 20.5 Å². The topological polar surface area (TPSA) is 73.9 Å². The van der Waals surface area contributed by atoms with Gasteiger partial charge >= 0.3 is 5.97 Å². The molecule has 0 unspecified atom stereocenters. The number of esters is 1. The summed E-state index contributed by atoms with van der Waals surface area (Å²) < 4.78 is 16.7. The Hall–Kier alpha value is -3.78. The number of ether oxygens (including phenoxy) is 3. The van der Waals surface area contributed by atoms with E-state index in [0.29, 0.717) is 43.2 Å². The molecule has 0 fully saturated rings. The molecule has 3 aromatic carbocycles. The number of carbonyl (C=O) groups is 2. The quantitative estimate of drug-likeness (QED) is 0.147. The number of anilines is 1. The van der Waals surface area contributed by atoms with Gasteiger partial charge in [0.1, 0.15) is 17.2 Å². The van der Waals surface area contributed by atoms with Crippen LogP contribution in [0, 0.1) is 6.92 Å². The number of aryl methyl sites for hydroxylation is 1. The van der Waals surface area contributed by atoms with Crippen LogP contribution in [0.25, 0.3) is 17.2 Å². The van der Waals surface area contributed by atoms with Crippen molar-refractivity contribution < 1.29 is 23.8 Å². The van der Waals surface area contributed by atoms with Gasteiger partial charge in [0.25, 0.3) is 0 Å². The first-order chi connectivity index (χ1) is 19.3. The monoisotopic (exact) mass is 595 g/mol. The summed E-state index contributed by atoms with van der Waals surface area (Å²) in [5.74, 6) is 0.112. The number of halogens is 2. The third kappa shape index (κ3) is 6.86. The number of nitrogens with one attached hydrogen (secondary N) is 1. The van der Waals surface area contributed by atoms with Gasteiger partial charge in [0.15, 0.2) is 11.5 Å². The Bertz CT molecular complexity index is 1530. The smallest absolute Gasteiger partial charge is 0.341 e. The van der Waals surface area contributed by atoms with E-state index in [1.54, 1.807) is 49.4 Å². The van der Waals surface area contributed by atoms with Crippen molar-refractivity contribution in [3.63, 3.8) is 0 Å². The molecule has 1 amide bonds. The van der Waals surface area contributed by atoms with Crippen LogP contribution in [0.1, 0.15) is 33.3 Å². The molecule has 0 radical (unpaired) electrons. The van der Waals surface area contributed by atoms with Crippen LogP contribution in [-0.4, -0.2) is 25.6 Å². The fourth-order valence-corrected chi connectivity index (χ4v) is 5.61. The lowest BCUT2D eigenvalue weighted by Gasteiger charge is -2.13. The molecule has 0 aliphatic carbocycles. The molecule has 0 aliphatic rings. The second kappa shape index (κ2) is 13.5. The minimum absolute atomic E-state index is 0.167. The van der Waals surface area contributed by atoms with Crippen LogP contribution in [0.4, 0.5) is 5.00 Å². The maximum atomic E-state index is 12.9. The molecule has 1 heterocycles. The van der Waals surface area contributed by atoms with Gasteiger partial charge in [-0.15, -0.1) is 11.3 Å². The van der Waals surface area contributed by atoms with E-state index in [1.165, 1.54) is 24.5 Å². The summed E-state index contributed by atoms with van der Waals surface area (Å²) in [5.41, 5.74) is 3.37. The minimum atomic E-state index is -0.483. The lowest BCUT2D eigenvalue weighted by atomic mass is 10.0. The molecule has 0 saturated carbocycles. The van der Waals surface area contributed by atoms with Crippen molar-refractivity contribution in [2.75, 3.05) is 19.0 Å². The van der Waals surface area contributed by atoms with Gasteiger partial charge in [0.05, 0.1) is 13.7 Å². The van der Waals surface area contributed by atoms with E-state index >= 15 is 0 Å². The van der Waals surface area contributed by atoms with Crippen LogP contribution >= 0.6 is 34.5 Å². The van der Waals surface area contributed by atoms with Crippen LogP contribution in [0.5, 0.6) is 11.5 Å². The third-order valence-corrected chi connectivity index (χ3v) is 7.64. The summed E-state index contributed by atoms with van der Waals surface area (Å²) in [6.45, 7) is 4.05. The van der Waals surface area contributed by atoms with Crippen LogP contribution in [0.15, 0.2) is 72.8 Å². The SMILES string of the molecule is CCOC(=O)c1c(NC(=O)C=Cc2ccc(OCc3c(Cl)cccc3Cl)c(OC)c2)sc(C)c1-c1ccccc1. The Morgan fingerprint density at radius 1 is 0.975 bits per heavy atom. The Labute approximate surface area is 247 Å². The van der Waals surface area contributed by atoms with Crippen molar-refractivity contribution in [3.8, 4) is 22.6 Å². The summed E-state index contributed by atoms with van der Waals surface area (Å²) in [6.07, 6.45) is 3.04. The molecule has 1 N–H and O–H groups in total. The molecule has 0 aliphatic heterocycles. The number of hydrogen-bond acceptors (Lipinski definition) is 6. The first-order valence-corrected chi connectivity index (χ1v) is 14.0. The number of hydrogen-bond donors (Lipinski definition) is 1. The van der Waals surface area contributed by atoms with Crippen molar-refractivity contribution >= 4 is 57.5 Å². The molecule has 1 aromatic heterocycles. The van der Waals surface area contributed by atoms with Gasteiger partial charge in [-0.1, -0.05) is 65.7 Å². The van der Waals surface area contributed by atoms with Crippen molar-refractivity contribution in [1.82, 2.24) is 0 Å². The number of methoxy groups -OCH3 is 1. The molecule has 0 saturated heterocycles. The average Bonchev–Trinajstić information content (AvgIpc) is 3.27. The molecular formula is C31H27Cl2NO5S. The van der Waals surface area contributed by atoms with Crippen molar-refractivity contribution in [3.05, 3.63) is 104 Å². The predicted molar refractivity (Wildman–Crippen MR) is 162 cm³/mol. The number of rotatable bonds is 10. The highest BCUT2D eigenvalue weighted by Gasteiger charge is 2.25. The standard InChI is InChI=1S/C31H27Cl2NO5S/c1-4-38-31(36)29-28(21-9-6-5-7-10-21)19(2)40-30(29)34-27(35)16-14-20-13-15-25(26(17-20)37-3)39-18-22-23(32)11-8-12-24(22)33/h5-17H,4,18H2,1-3H3,(H,34,35). The molecule has 6 nitrogen and oxygen atoms in total. The maximum Gasteiger partial charge on any atom is 0.341 e. The fraction of sp³-hybridized carbons (Fsp3) is 0.161. The summed E-state index contributed by atoms with van der Waals surface area (Å²) >= 11 is 13.8. The molecule has 0 spiro atoms. The molecule has 4 aromatic rings. The Balaban J connectivity index is 1.51. The second-order valence-corrected chi connectivity index (χ2v) is 10.6. The Kier molecular flexibility index (Phi) is 9.88. The molecular weight excluding hydrogens is 569 g/mol. The number of thiophene rings is 1. The normalized spacial score (nSPS) is 10.9. The van der Waals surface area contributed by atoms with E-state index in [4.69, 9.17) is 37.4 Å². The first kappa shape index (κ1) is 29.2. The van der Waals surface area contributed by atoms with E-state index < -0.39 is 5.97 Å². The predicted octanol–water partition coefficient (Wildman–Crippen LogP) is 8.45. The zero-order chi connectivity index (χ0) is 28.6. The van der Waals surface area contributed by atoms with E-state index in [9.17, 15) is 9.59 Å². The highest BCUT2D eigenvalue weighted by atomic mass is 35.5. The first-order valence-electron chi connectivity index (χ1n) is 12.4. The van der Waals surface area contributed by atoms with E-state index in [2.05, 4.69) is 5.32 Å². The van der Waals surface area contributed by atoms with Gasteiger partial charge < -0.3 is 19.5 Å². The molecule has 0 bridgehead atoms. The van der Waals surface area contributed by atoms with E-state index in [-0.39, 0.29) is 19.1 Å². The zero-order valence-electron chi connectivity index (χ0n) is 22.1. The average molecular weight is 597 g/mol. The Morgan fingerprint density at radius 2 is 1.70 bits per heavy atom. The molecule has 0 atom stereocenters.